The lowest BCUT2D eigenvalue weighted by Crippen LogP contribution is -2.41. The molecule has 1 atom stereocenters. The molecule has 0 radical (unpaired) electrons. The van der Waals surface area contributed by atoms with Gasteiger partial charge in [-0.1, -0.05) is 0 Å². The van der Waals surface area contributed by atoms with E-state index in [9.17, 15) is 48.7 Å². The summed E-state index contributed by atoms with van der Waals surface area (Å²) >= 11 is 0.266. The minimum absolute atomic E-state index is 0.0427. The maximum atomic E-state index is 14.4. The van der Waals surface area contributed by atoms with Gasteiger partial charge in [0.2, 0.25) is 5.88 Å². The van der Waals surface area contributed by atoms with Crippen LogP contribution in [0.5, 0.6) is 5.88 Å². The highest BCUT2D eigenvalue weighted by molar-refractivity contribution is 7.99. The number of alkyl halides is 9. The summed E-state index contributed by atoms with van der Waals surface area (Å²) in [7, 11) is 0. The van der Waals surface area contributed by atoms with E-state index in [1.165, 1.54) is 6.92 Å². The van der Waals surface area contributed by atoms with Crippen molar-refractivity contribution in [3.63, 3.8) is 0 Å². The van der Waals surface area contributed by atoms with E-state index in [1.807, 2.05) is 0 Å². The second kappa shape index (κ2) is 9.17. The molecule has 0 bridgehead atoms. The van der Waals surface area contributed by atoms with Gasteiger partial charge in [0.1, 0.15) is 17.2 Å². The summed E-state index contributed by atoms with van der Waals surface area (Å²) in [6, 6.07) is 2.05. The van der Waals surface area contributed by atoms with E-state index in [0.29, 0.717) is 10.7 Å². The van der Waals surface area contributed by atoms with Crippen LogP contribution in [0, 0.1) is 12.7 Å². The minimum Gasteiger partial charge on any atom is -0.409 e. The quantitative estimate of drug-likeness (QED) is 0.269. The third-order valence-electron chi connectivity index (χ3n) is 3.44. The Morgan fingerprint density at radius 3 is 2.28 bits per heavy atom. The van der Waals surface area contributed by atoms with Gasteiger partial charge < -0.3 is 4.74 Å². The molecular weight excluding hydrogens is 490 g/mol. The average Bonchev–Trinajstić information content (AvgIpc) is 3.00. The fraction of sp³-hybridized carbons (Fsp3) is 0.375. The van der Waals surface area contributed by atoms with Crippen molar-refractivity contribution in [1.82, 2.24) is 9.78 Å². The van der Waals surface area contributed by atoms with Crippen molar-refractivity contribution in [2.75, 3.05) is 5.75 Å². The predicted octanol–water partition coefficient (Wildman–Crippen LogP) is 5.59. The smallest absolute Gasteiger partial charge is 0.409 e. The first-order valence-corrected chi connectivity index (χ1v) is 9.02. The van der Waals surface area contributed by atoms with Crippen molar-refractivity contribution in [3.8, 4) is 11.6 Å². The minimum atomic E-state index is -5.77. The summed E-state index contributed by atoms with van der Waals surface area (Å²) in [5, 5.41) is 3.26. The number of aldehydes is 1. The summed E-state index contributed by atoms with van der Waals surface area (Å²) in [5.74, 6) is -3.78. The summed E-state index contributed by atoms with van der Waals surface area (Å²) in [6.45, 7) is 1.28. The van der Waals surface area contributed by atoms with Crippen molar-refractivity contribution in [1.29, 1.82) is 0 Å². The van der Waals surface area contributed by atoms with Gasteiger partial charge in [0, 0.05) is 11.0 Å². The number of carbonyl (C=O) groups is 1. The Morgan fingerprint density at radius 1 is 1.12 bits per heavy atom. The molecule has 0 saturated carbocycles. The van der Waals surface area contributed by atoms with Gasteiger partial charge in [-0.2, -0.15) is 22.0 Å². The fourth-order valence-electron chi connectivity index (χ4n) is 2.19. The number of halogens is 10. The van der Waals surface area contributed by atoms with E-state index < -0.39 is 53.8 Å². The second-order valence-electron chi connectivity index (χ2n) is 5.95. The van der Waals surface area contributed by atoms with Crippen LogP contribution in [0.4, 0.5) is 43.9 Å². The maximum absolute atomic E-state index is 14.4. The average molecular weight is 500 g/mol. The van der Waals surface area contributed by atoms with Crippen LogP contribution in [-0.4, -0.2) is 46.8 Å². The Balaban J connectivity index is 2.39. The summed E-state index contributed by atoms with van der Waals surface area (Å²) in [5.41, 5.74) is -1.27. The van der Waals surface area contributed by atoms with Crippen molar-refractivity contribution in [2.45, 2.75) is 36.8 Å². The molecule has 0 N–H and O–H groups in total. The number of ether oxygens (including phenoxy) is 2. The predicted molar refractivity (Wildman–Crippen MR) is 88.0 cm³/mol. The maximum Gasteiger partial charge on any atom is 0.525 e. The Bertz CT molecular complexity index is 974. The van der Waals surface area contributed by atoms with Crippen LogP contribution in [0.1, 0.15) is 16.1 Å². The first kappa shape index (κ1) is 25.8. The van der Waals surface area contributed by atoms with Gasteiger partial charge in [0.05, 0.1) is 5.75 Å². The molecule has 0 amide bonds. The molecule has 178 valence electrons. The highest BCUT2D eigenvalue weighted by Crippen LogP contribution is 2.34. The first-order valence-electron chi connectivity index (χ1n) is 8.03. The summed E-state index contributed by atoms with van der Waals surface area (Å²) in [6.07, 6.45) is -19.9. The molecule has 0 fully saturated rings. The van der Waals surface area contributed by atoms with Crippen molar-refractivity contribution in [3.05, 3.63) is 35.3 Å². The van der Waals surface area contributed by atoms with Crippen LogP contribution in [0.25, 0.3) is 5.69 Å². The number of aryl methyl sites for hydroxylation is 1. The standard InChI is InChI=1S/C16H10F10N2O3S/c1-7-2-9(17)10(4-11(7)32-6-14(19,20)21)28-8(5-29)3-12(27-28)30-15(22,23)13(18)31-16(24,25)26/h2-5,13H,6H2,1H3. The summed E-state index contributed by atoms with van der Waals surface area (Å²) < 4.78 is 134. The number of hydrogen-bond donors (Lipinski definition) is 0. The zero-order valence-corrected chi connectivity index (χ0v) is 16.2. The Hall–Kier alpha value is -2.49. The van der Waals surface area contributed by atoms with Crippen LogP contribution in [0.2, 0.25) is 0 Å². The molecule has 1 aromatic carbocycles. The van der Waals surface area contributed by atoms with Gasteiger partial charge in [-0.25, -0.2) is 18.2 Å². The zero-order chi connectivity index (χ0) is 24.5. The number of thioether (sulfide) groups is 1. The monoisotopic (exact) mass is 500 g/mol. The molecule has 0 aliphatic carbocycles. The van der Waals surface area contributed by atoms with E-state index in [-0.39, 0.29) is 28.5 Å². The molecular formula is C16H10F10N2O3S. The molecule has 0 aliphatic rings. The van der Waals surface area contributed by atoms with E-state index in [2.05, 4.69) is 14.6 Å². The second-order valence-corrected chi connectivity index (χ2v) is 6.97. The van der Waals surface area contributed by atoms with Crippen molar-refractivity contribution < 1.29 is 58.2 Å². The normalized spacial score (nSPS) is 13.8. The van der Waals surface area contributed by atoms with Crippen LogP contribution in [-0.2, 0) is 4.74 Å². The van der Waals surface area contributed by atoms with E-state index in [1.54, 1.807) is 0 Å². The molecule has 0 saturated heterocycles. The molecule has 2 rings (SSSR count). The lowest BCUT2D eigenvalue weighted by molar-refractivity contribution is -0.411. The van der Waals surface area contributed by atoms with Gasteiger partial charge >= 0.3 is 25.0 Å². The van der Waals surface area contributed by atoms with E-state index in [4.69, 9.17) is 0 Å². The molecule has 1 heterocycles. The molecule has 32 heavy (non-hydrogen) atoms. The van der Waals surface area contributed by atoms with E-state index in [0.717, 1.165) is 12.1 Å². The Labute approximate surface area is 176 Å². The number of aromatic nitrogens is 2. The molecule has 0 aliphatic heterocycles. The van der Waals surface area contributed by atoms with Crippen molar-refractivity contribution >= 4 is 18.0 Å². The largest absolute Gasteiger partial charge is 0.525 e. The van der Waals surface area contributed by atoms with E-state index >= 15 is 0 Å². The highest BCUT2D eigenvalue weighted by Gasteiger charge is 2.51. The molecule has 5 nitrogen and oxygen atoms in total. The third kappa shape index (κ3) is 6.75. The van der Waals surface area contributed by atoms with Crippen LogP contribution in [0.15, 0.2) is 23.1 Å². The zero-order valence-electron chi connectivity index (χ0n) is 15.4. The number of carbonyl (C=O) groups excluding carboxylic acids is 1. The fourth-order valence-corrected chi connectivity index (χ4v) is 2.99. The molecule has 2 aromatic rings. The van der Waals surface area contributed by atoms with Crippen molar-refractivity contribution in [2.24, 2.45) is 0 Å². The number of nitrogens with zero attached hydrogens (tertiary/aromatic N) is 2. The number of rotatable bonds is 8. The number of benzene rings is 1. The molecule has 1 aromatic heterocycles. The molecule has 0 spiro atoms. The van der Waals surface area contributed by atoms with Gasteiger partial charge in [-0.15, -0.1) is 30.0 Å². The third-order valence-corrected chi connectivity index (χ3v) is 4.66. The van der Waals surface area contributed by atoms with Gasteiger partial charge in [0.15, 0.2) is 6.29 Å². The first-order chi connectivity index (χ1) is 14.5. The topological polar surface area (TPSA) is 53.4 Å². The molecule has 16 heteroatoms. The lowest BCUT2D eigenvalue weighted by atomic mass is 10.2. The van der Waals surface area contributed by atoms with Crippen LogP contribution >= 0.6 is 11.8 Å². The van der Waals surface area contributed by atoms with Crippen LogP contribution in [0.3, 0.4) is 0 Å². The Morgan fingerprint density at radius 2 is 1.75 bits per heavy atom. The molecule has 1 unspecified atom stereocenters. The van der Waals surface area contributed by atoms with Gasteiger partial charge in [-0.05, 0) is 24.6 Å². The van der Waals surface area contributed by atoms with Gasteiger partial charge in [-0.3, -0.25) is 4.79 Å². The van der Waals surface area contributed by atoms with Crippen LogP contribution < -0.4 is 4.74 Å². The lowest BCUT2D eigenvalue weighted by Gasteiger charge is -2.20. The number of hydrogen-bond acceptors (Lipinski definition) is 5. The van der Waals surface area contributed by atoms with Gasteiger partial charge in [0.25, 0.3) is 0 Å². The Kier molecular flexibility index (Phi) is 7.38. The summed E-state index contributed by atoms with van der Waals surface area (Å²) in [4.78, 5) is 11.1. The SMILES string of the molecule is Cc1cc(F)c(-n2nc(OC(F)(F)C(F)OC(F)(F)F)cc2C=O)cc1SCC(F)(F)F. The highest BCUT2D eigenvalue weighted by atomic mass is 32.2.